The zero-order valence-electron chi connectivity index (χ0n) is 14.2. The third-order valence-corrected chi connectivity index (χ3v) is 5.08. The number of alkyl halides is 3. The van der Waals surface area contributed by atoms with Crippen molar-refractivity contribution in [1.82, 2.24) is 0 Å². The van der Waals surface area contributed by atoms with Crippen LogP contribution in [0.5, 0.6) is 11.5 Å². The van der Waals surface area contributed by atoms with Crippen LogP contribution in [0.4, 0.5) is 13.2 Å². The average molecular weight is 398 g/mol. The summed E-state index contributed by atoms with van der Waals surface area (Å²) in [5, 5.41) is 0. The van der Waals surface area contributed by atoms with Gasteiger partial charge in [0.25, 0.3) is 0 Å². The van der Waals surface area contributed by atoms with Gasteiger partial charge in [-0.1, -0.05) is 36.4 Å². The number of fused-ring (bicyclic) bond motifs is 1. The topological polar surface area (TPSA) is 52.6 Å². The molecule has 2 aromatic carbocycles. The van der Waals surface area contributed by atoms with Crippen LogP contribution in [-0.4, -0.2) is 20.5 Å². The fourth-order valence-electron chi connectivity index (χ4n) is 2.81. The van der Waals surface area contributed by atoms with Gasteiger partial charge < -0.3 is 8.92 Å². The summed E-state index contributed by atoms with van der Waals surface area (Å²) in [4.78, 5) is 0. The molecule has 0 spiro atoms. The van der Waals surface area contributed by atoms with Gasteiger partial charge in [-0.15, -0.1) is 0 Å². The molecule has 1 heterocycles. The van der Waals surface area contributed by atoms with Crippen molar-refractivity contribution in [3.05, 3.63) is 65.7 Å². The van der Waals surface area contributed by atoms with E-state index in [0.717, 1.165) is 17.2 Å². The molecule has 8 heteroatoms. The number of rotatable bonds is 3. The van der Waals surface area contributed by atoms with E-state index in [-0.39, 0.29) is 5.75 Å². The second-order valence-corrected chi connectivity index (χ2v) is 7.52. The van der Waals surface area contributed by atoms with E-state index in [2.05, 4.69) is 10.3 Å². The van der Waals surface area contributed by atoms with Crippen molar-refractivity contribution >= 4 is 15.7 Å². The lowest BCUT2D eigenvalue weighted by atomic mass is 10.0. The summed E-state index contributed by atoms with van der Waals surface area (Å²) < 4.78 is 69.8. The standard InChI is InChI=1S/C19H17F3O4S/c20-19(21,22)27(23,24)26-17-9-10-18-16(13-17)8-4-7-15(11-12-25-18)14-5-2-1-3-6-14/h1-3,5-7,9-10,13H,4,8,11-12H2/b15-7+. The van der Waals surface area contributed by atoms with Gasteiger partial charge in [-0.25, -0.2) is 0 Å². The van der Waals surface area contributed by atoms with E-state index in [1.54, 1.807) is 0 Å². The van der Waals surface area contributed by atoms with Crippen molar-refractivity contribution in [1.29, 1.82) is 0 Å². The van der Waals surface area contributed by atoms with E-state index >= 15 is 0 Å². The fourth-order valence-corrected chi connectivity index (χ4v) is 3.26. The van der Waals surface area contributed by atoms with Gasteiger partial charge in [0, 0.05) is 6.42 Å². The molecule has 0 aromatic heterocycles. The van der Waals surface area contributed by atoms with Crippen molar-refractivity contribution in [3.63, 3.8) is 0 Å². The minimum atomic E-state index is -5.70. The lowest BCUT2D eigenvalue weighted by Crippen LogP contribution is -2.28. The van der Waals surface area contributed by atoms with Gasteiger partial charge >= 0.3 is 15.6 Å². The molecule has 0 saturated heterocycles. The SMILES string of the molecule is O=S(=O)(Oc1ccc2c(c1)CC/C=C(/c1ccccc1)CCO2)C(F)(F)F. The van der Waals surface area contributed by atoms with E-state index in [4.69, 9.17) is 4.74 Å². The Kier molecular flexibility index (Phi) is 5.46. The van der Waals surface area contributed by atoms with Crippen LogP contribution in [0, 0.1) is 0 Å². The van der Waals surface area contributed by atoms with Gasteiger partial charge in [-0.05, 0) is 47.7 Å². The Morgan fingerprint density at radius 1 is 1.00 bits per heavy atom. The second kappa shape index (κ2) is 7.64. The van der Waals surface area contributed by atoms with Crippen LogP contribution in [0.3, 0.4) is 0 Å². The van der Waals surface area contributed by atoms with E-state index in [1.165, 1.54) is 12.1 Å². The number of aryl methyl sites for hydroxylation is 1. The molecule has 1 aliphatic heterocycles. The molecule has 144 valence electrons. The van der Waals surface area contributed by atoms with Gasteiger partial charge in [-0.2, -0.15) is 21.6 Å². The quantitative estimate of drug-likeness (QED) is 0.555. The van der Waals surface area contributed by atoms with Crippen LogP contribution in [0.25, 0.3) is 5.57 Å². The van der Waals surface area contributed by atoms with Crippen LogP contribution in [0.15, 0.2) is 54.6 Å². The molecule has 0 saturated carbocycles. The Hall–Kier alpha value is -2.48. The molecule has 4 nitrogen and oxygen atoms in total. The number of allylic oxidation sites excluding steroid dienone is 1. The Labute approximate surface area is 155 Å². The third-order valence-electron chi connectivity index (χ3n) is 4.10. The molecule has 0 unspecified atom stereocenters. The van der Waals surface area contributed by atoms with Gasteiger partial charge in [0.05, 0.1) is 6.61 Å². The van der Waals surface area contributed by atoms with Crippen molar-refractivity contribution in [2.75, 3.05) is 6.61 Å². The number of benzene rings is 2. The van der Waals surface area contributed by atoms with Crippen LogP contribution in [0.2, 0.25) is 0 Å². The van der Waals surface area contributed by atoms with Crippen molar-refractivity contribution in [2.24, 2.45) is 0 Å². The highest BCUT2D eigenvalue weighted by molar-refractivity contribution is 7.88. The van der Waals surface area contributed by atoms with Crippen molar-refractivity contribution in [3.8, 4) is 11.5 Å². The minimum absolute atomic E-state index is 0.388. The third kappa shape index (κ3) is 4.63. The molecule has 0 amide bonds. The molecule has 2 aromatic rings. The van der Waals surface area contributed by atoms with Crippen LogP contribution >= 0.6 is 0 Å². The number of ether oxygens (including phenoxy) is 1. The van der Waals surface area contributed by atoms with Crippen LogP contribution < -0.4 is 8.92 Å². The normalized spacial score (nSPS) is 17.4. The van der Waals surface area contributed by atoms with E-state index in [1.807, 2.05) is 30.3 Å². The van der Waals surface area contributed by atoms with Crippen molar-refractivity contribution < 1.29 is 30.5 Å². The highest BCUT2D eigenvalue weighted by Gasteiger charge is 2.48. The zero-order chi connectivity index (χ0) is 19.5. The lowest BCUT2D eigenvalue weighted by Gasteiger charge is -2.13. The van der Waals surface area contributed by atoms with Crippen LogP contribution in [-0.2, 0) is 16.5 Å². The predicted octanol–water partition coefficient (Wildman–Crippen LogP) is 4.71. The van der Waals surface area contributed by atoms with Gasteiger partial charge in [0.15, 0.2) is 0 Å². The van der Waals surface area contributed by atoms with Crippen LogP contribution in [0.1, 0.15) is 24.0 Å². The Morgan fingerprint density at radius 3 is 2.44 bits per heavy atom. The Bertz CT molecular complexity index is 935. The first-order chi connectivity index (χ1) is 12.8. The molecule has 0 radical (unpaired) electrons. The minimum Gasteiger partial charge on any atom is -0.493 e. The first-order valence-corrected chi connectivity index (χ1v) is 9.68. The van der Waals surface area contributed by atoms with Gasteiger partial charge in [-0.3, -0.25) is 0 Å². The Morgan fingerprint density at radius 2 is 1.74 bits per heavy atom. The summed E-state index contributed by atoms with van der Waals surface area (Å²) in [5.41, 5.74) is -2.67. The maximum atomic E-state index is 12.5. The summed E-state index contributed by atoms with van der Waals surface area (Å²) >= 11 is 0. The van der Waals surface area contributed by atoms with Gasteiger partial charge in [0.2, 0.25) is 0 Å². The number of hydrogen-bond acceptors (Lipinski definition) is 4. The molecule has 3 rings (SSSR count). The Balaban J connectivity index is 1.81. The van der Waals surface area contributed by atoms with Gasteiger partial charge in [0.1, 0.15) is 11.5 Å². The van der Waals surface area contributed by atoms with E-state index in [0.29, 0.717) is 37.2 Å². The molecule has 0 N–H and O–H groups in total. The molecular formula is C19H17F3O4S. The first-order valence-electron chi connectivity index (χ1n) is 8.27. The monoisotopic (exact) mass is 398 g/mol. The highest BCUT2D eigenvalue weighted by Crippen LogP contribution is 2.32. The molecule has 0 bridgehead atoms. The molecule has 0 fully saturated rings. The smallest absolute Gasteiger partial charge is 0.493 e. The summed E-state index contributed by atoms with van der Waals surface area (Å²) in [5.74, 6) is 0.121. The molecule has 0 atom stereocenters. The number of halogens is 3. The average Bonchev–Trinajstić information content (AvgIpc) is 2.71. The highest BCUT2D eigenvalue weighted by atomic mass is 32.2. The lowest BCUT2D eigenvalue weighted by molar-refractivity contribution is -0.0500. The molecule has 0 aliphatic carbocycles. The largest absolute Gasteiger partial charge is 0.534 e. The fraction of sp³-hybridized carbons (Fsp3) is 0.263. The van der Waals surface area contributed by atoms with Crippen molar-refractivity contribution in [2.45, 2.75) is 24.8 Å². The second-order valence-electron chi connectivity index (χ2n) is 5.99. The molecular weight excluding hydrogens is 381 g/mol. The first kappa shape index (κ1) is 19.3. The molecule has 27 heavy (non-hydrogen) atoms. The predicted molar refractivity (Wildman–Crippen MR) is 94.9 cm³/mol. The summed E-state index contributed by atoms with van der Waals surface area (Å²) in [7, 11) is -5.70. The maximum Gasteiger partial charge on any atom is 0.534 e. The summed E-state index contributed by atoms with van der Waals surface area (Å²) in [6.45, 7) is 0.398. The zero-order valence-corrected chi connectivity index (χ0v) is 15.0. The van der Waals surface area contributed by atoms with E-state index < -0.39 is 15.6 Å². The molecule has 1 aliphatic rings. The summed E-state index contributed by atoms with van der Waals surface area (Å²) in [6.07, 6.45) is 3.86. The maximum absolute atomic E-state index is 12.5. The number of hydrogen-bond donors (Lipinski definition) is 0. The summed E-state index contributed by atoms with van der Waals surface area (Å²) in [6, 6.07) is 13.7. The van der Waals surface area contributed by atoms with E-state index in [9.17, 15) is 21.6 Å².